The van der Waals surface area contributed by atoms with E-state index in [1.54, 1.807) is 0 Å². The van der Waals surface area contributed by atoms with Crippen molar-refractivity contribution in [2.45, 2.75) is 38.6 Å². The molecule has 0 saturated heterocycles. The van der Waals surface area contributed by atoms with Gasteiger partial charge in [0.2, 0.25) is 0 Å². The van der Waals surface area contributed by atoms with Crippen LogP contribution in [-0.4, -0.2) is 33.6 Å². The smallest absolute Gasteiger partial charge is 0.110 e. The third-order valence-corrected chi connectivity index (χ3v) is 2.32. The van der Waals surface area contributed by atoms with E-state index in [4.69, 9.17) is 0 Å². The van der Waals surface area contributed by atoms with Crippen molar-refractivity contribution in [1.82, 2.24) is 0 Å². The zero-order valence-electron chi connectivity index (χ0n) is 7.44. The molecule has 0 amide bonds. The first kappa shape index (κ1) is 9.71. The second kappa shape index (κ2) is 3.56. The molecule has 0 aliphatic heterocycles. The minimum atomic E-state index is -1.02. The zero-order chi connectivity index (χ0) is 9.30. The molecular formula is C9H16O3. The van der Waals surface area contributed by atoms with Crippen LogP contribution in [0.4, 0.5) is 0 Å². The van der Waals surface area contributed by atoms with Gasteiger partial charge in [0.15, 0.2) is 0 Å². The Bertz CT molecular complexity index is 186. The average Bonchev–Trinajstić information content (AvgIpc) is 2.00. The summed E-state index contributed by atoms with van der Waals surface area (Å²) >= 11 is 0. The van der Waals surface area contributed by atoms with Crippen molar-refractivity contribution in [2.24, 2.45) is 5.92 Å². The van der Waals surface area contributed by atoms with E-state index in [9.17, 15) is 15.3 Å². The predicted octanol–water partition coefficient (Wildman–Crippen LogP) is 0.0552. The Morgan fingerprint density at radius 2 is 1.92 bits per heavy atom. The number of hydrogen-bond acceptors (Lipinski definition) is 3. The molecular weight excluding hydrogens is 156 g/mol. The molecule has 0 radical (unpaired) electrons. The summed E-state index contributed by atoms with van der Waals surface area (Å²) in [6, 6.07) is 0. The lowest BCUT2D eigenvalue weighted by Crippen LogP contribution is -2.42. The van der Waals surface area contributed by atoms with Crippen LogP contribution >= 0.6 is 0 Å². The molecule has 0 aromatic carbocycles. The van der Waals surface area contributed by atoms with Crippen molar-refractivity contribution in [3.05, 3.63) is 11.6 Å². The van der Waals surface area contributed by atoms with E-state index in [0.717, 1.165) is 5.57 Å². The molecule has 3 atom stereocenters. The summed E-state index contributed by atoms with van der Waals surface area (Å²) in [5.41, 5.74) is 0.827. The van der Waals surface area contributed by atoms with Gasteiger partial charge in [-0.3, -0.25) is 0 Å². The molecule has 1 rings (SSSR count). The fraction of sp³-hybridized carbons (Fsp3) is 0.778. The van der Waals surface area contributed by atoms with Crippen LogP contribution in [0.3, 0.4) is 0 Å². The molecule has 3 unspecified atom stereocenters. The van der Waals surface area contributed by atoms with Crippen LogP contribution in [0.1, 0.15) is 20.3 Å². The summed E-state index contributed by atoms with van der Waals surface area (Å²) in [7, 11) is 0. The molecule has 0 aromatic heterocycles. The first-order chi connectivity index (χ1) is 5.54. The van der Waals surface area contributed by atoms with Gasteiger partial charge < -0.3 is 15.3 Å². The van der Waals surface area contributed by atoms with Gasteiger partial charge in [0.25, 0.3) is 0 Å². The molecule has 0 aromatic rings. The maximum Gasteiger partial charge on any atom is 0.110 e. The van der Waals surface area contributed by atoms with Crippen LogP contribution in [0.5, 0.6) is 0 Å². The number of rotatable bonds is 1. The fourth-order valence-corrected chi connectivity index (χ4v) is 1.50. The summed E-state index contributed by atoms with van der Waals surface area (Å²) < 4.78 is 0. The third kappa shape index (κ3) is 1.68. The Hall–Kier alpha value is -0.380. The van der Waals surface area contributed by atoms with E-state index >= 15 is 0 Å². The van der Waals surface area contributed by atoms with Gasteiger partial charge in [0.05, 0.1) is 6.10 Å². The number of aliphatic hydroxyl groups is 3. The molecule has 3 nitrogen and oxygen atoms in total. The Labute approximate surface area is 72.3 Å². The van der Waals surface area contributed by atoms with Crippen LogP contribution < -0.4 is 0 Å². The van der Waals surface area contributed by atoms with Crippen LogP contribution in [-0.2, 0) is 0 Å². The van der Waals surface area contributed by atoms with Crippen LogP contribution in [0.2, 0.25) is 0 Å². The van der Waals surface area contributed by atoms with Gasteiger partial charge in [-0.05, 0) is 17.9 Å². The van der Waals surface area contributed by atoms with E-state index < -0.39 is 18.3 Å². The van der Waals surface area contributed by atoms with Gasteiger partial charge in [-0.25, -0.2) is 0 Å². The summed E-state index contributed by atoms with van der Waals surface area (Å²) in [6.45, 7) is 3.92. The normalized spacial score (nSPS) is 36.8. The van der Waals surface area contributed by atoms with Gasteiger partial charge >= 0.3 is 0 Å². The molecule has 0 saturated carbocycles. The van der Waals surface area contributed by atoms with E-state index in [0.29, 0.717) is 6.42 Å². The van der Waals surface area contributed by atoms with Crippen LogP contribution in [0.15, 0.2) is 11.6 Å². The molecule has 0 heterocycles. The van der Waals surface area contributed by atoms with Crippen LogP contribution in [0, 0.1) is 5.92 Å². The maximum absolute atomic E-state index is 9.50. The number of hydrogen-bond donors (Lipinski definition) is 3. The van der Waals surface area contributed by atoms with Gasteiger partial charge in [-0.1, -0.05) is 19.9 Å². The van der Waals surface area contributed by atoms with Gasteiger partial charge in [-0.2, -0.15) is 0 Å². The molecule has 1 aliphatic rings. The van der Waals surface area contributed by atoms with Gasteiger partial charge in [0.1, 0.15) is 12.2 Å². The zero-order valence-corrected chi connectivity index (χ0v) is 7.44. The topological polar surface area (TPSA) is 60.7 Å². The van der Waals surface area contributed by atoms with Gasteiger partial charge in [0, 0.05) is 0 Å². The summed E-state index contributed by atoms with van der Waals surface area (Å²) in [4.78, 5) is 0. The van der Waals surface area contributed by atoms with Gasteiger partial charge in [-0.15, -0.1) is 0 Å². The highest BCUT2D eigenvalue weighted by atomic mass is 16.4. The lowest BCUT2D eigenvalue weighted by atomic mass is 9.85. The van der Waals surface area contributed by atoms with Crippen LogP contribution in [0.25, 0.3) is 0 Å². The minimum absolute atomic E-state index is 0.224. The fourth-order valence-electron chi connectivity index (χ4n) is 1.50. The van der Waals surface area contributed by atoms with E-state index in [1.165, 1.54) is 0 Å². The molecule has 3 N–H and O–H groups in total. The first-order valence-corrected chi connectivity index (χ1v) is 4.28. The Balaban J connectivity index is 2.77. The average molecular weight is 172 g/mol. The quantitative estimate of drug-likeness (QED) is 0.490. The predicted molar refractivity (Wildman–Crippen MR) is 45.6 cm³/mol. The molecule has 0 fully saturated rings. The van der Waals surface area contributed by atoms with E-state index in [1.807, 2.05) is 19.9 Å². The molecule has 12 heavy (non-hydrogen) atoms. The van der Waals surface area contributed by atoms with Crippen molar-refractivity contribution in [3.8, 4) is 0 Å². The Morgan fingerprint density at radius 1 is 1.33 bits per heavy atom. The third-order valence-electron chi connectivity index (χ3n) is 2.32. The van der Waals surface area contributed by atoms with E-state index in [2.05, 4.69) is 0 Å². The monoisotopic (exact) mass is 172 g/mol. The lowest BCUT2D eigenvalue weighted by Gasteiger charge is -2.30. The second-order valence-electron chi connectivity index (χ2n) is 3.60. The largest absolute Gasteiger partial charge is 0.390 e. The first-order valence-electron chi connectivity index (χ1n) is 4.28. The Morgan fingerprint density at radius 3 is 2.42 bits per heavy atom. The molecule has 1 aliphatic carbocycles. The minimum Gasteiger partial charge on any atom is -0.390 e. The van der Waals surface area contributed by atoms with Crippen molar-refractivity contribution < 1.29 is 15.3 Å². The Kier molecular flexibility index (Phi) is 2.88. The summed E-state index contributed by atoms with van der Waals surface area (Å²) in [6.07, 6.45) is -0.484. The summed E-state index contributed by atoms with van der Waals surface area (Å²) in [5.74, 6) is 0.224. The molecule has 70 valence electrons. The number of aliphatic hydroxyl groups excluding tert-OH is 3. The summed E-state index contributed by atoms with van der Waals surface area (Å²) in [5, 5.41) is 28.0. The van der Waals surface area contributed by atoms with Crippen molar-refractivity contribution in [2.75, 3.05) is 0 Å². The van der Waals surface area contributed by atoms with Crippen molar-refractivity contribution >= 4 is 0 Å². The molecule has 3 heteroatoms. The standard InChI is InChI=1S/C9H16O3/c1-5(2)6-3-4-7(10)9(12)8(6)11/h3,5,7-12H,4H2,1-2H3. The van der Waals surface area contributed by atoms with Crippen molar-refractivity contribution in [3.63, 3.8) is 0 Å². The lowest BCUT2D eigenvalue weighted by molar-refractivity contribution is -0.0531. The van der Waals surface area contributed by atoms with E-state index in [-0.39, 0.29) is 5.92 Å². The SMILES string of the molecule is CC(C)C1=CCC(O)C(O)C1O. The highest BCUT2D eigenvalue weighted by Crippen LogP contribution is 2.24. The van der Waals surface area contributed by atoms with Crippen molar-refractivity contribution in [1.29, 1.82) is 0 Å². The maximum atomic E-state index is 9.50. The highest BCUT2D eigenvalue weighted by Gasteiger charge is 2.31. The molecule has 0 spiro atoms. The second-order valence-corrected chi connectivity index (χ2v) is 3.60. The molecule has 0 bridgehead atoms. The highest BCUT2D eigenvalue weighted by molar-refractivity contribution is 5.17.